The SMILES string of the molecule is CCCCCCCCCCCC[N+](C)(CCCCCCCCCCCC)CCC[Si](OC)(OC)OC. The van der Waals surface area contributed by atoms with Crippen LogP contribution in [-0.2, 0) is 13.3 Å². The first-order chi connectivity index (χ1) is 17.5. The van der Waals surface area contributed by atoms with E-state index in [1.807, 2.05) is 0 Å². The van der Waals surface area contributed by atoms with Crippen LogP contribution in [0.3, 0.4) is 0 Å². The Morgan fingerprint density at radius 2 is 0.694 bits per heavy atom. The number of nitrogens with zero attached hydrogens (tertiary/aromatic N) is 1. The van der Waals surface area contributed by atoms with Crippen molar-refractivity contribution >= 4 is 8.80 Å². The standard InChI is InChI=1S/C31H68NO3Si/c1-7-9-11-13-15-17-19-21-23-25-28-32(3,30-27-31-36(33-4,34-5)35-6)29-26-24-22-20-18-16-14-12-10-8-2/h7-31H2,1-6H3/q+1. The summed E-state index contributed by atoms with van der Waals surface area (Å²) < 4.78 is 18.2. The maximum absolute atomic E-state index is 5.67. The van der Waals surface area contributed by atoms with Gasteiger partial charge in [0.1, 0.15) is 0 Å². The van der Waals surface area contributed by atoms with Gasteiger partial charge in [0.25, 0.3) is 0 Å². The van der Waals surface area contributed by atoms with Crippen LogP contribution in [0.2, 0.25) is 6.04 Å². The molecule has 0 aliphatic rings. The van der Waals surface area contributed by atoms with E-state index in [0.717, 1.165) is 12.5 Å². The molecule has 0 bridgehead atoms. The lowest BCUT2D eigenvalue weighted by Crippen LogP contribution is -2.48. The monoisotopic (exact) mass is 530 g/mol. The lowest BCUT2D eigenvalue weighted by Gasteiger charge is -2.36. The third-order valence-electron chi connectivity index (χ3n) is 8.22. The summed E-state index contributed by atoms with van der Waals surface area (Å²) in [5, 5.41) is 0. The van der Waals surface area contributed by atoms with Crippen LogP contribution in [0, 0.1) is 0 Å². The molecule has 0 saturated heterocycles. The van der Waals surface area contributed by atoms with Crippen molar-refractivity contribution in [3.8, 4) is 0 Å². The molecule has 218 valence electrons. The normalized spacial score (nSPS) is 12.5. The third kappa shape index (κ3) is 20.1. The Kier molecular flexibility index (Phi) is 25.4. The average molecular weight is 531 g/mol. The Hall–Kier alpha value is 0.0569. The Labute approximate surface area is 229 Å². The molecule has 0 unspecified atom stereocenters. The summed E-state index contributed by atoms with van der Waals surface area (Å²) >= 11 is 0. The minimum Gasteiger partial charge on any atom is -0.377 e. The van der Waals surface area contributed by atoms with E-state index < -0.39 is 8.80 Å². The molecule has 4 nitrogen and oxygen atoms in total. The van der Waals surface area contributed by atoms with E-state index in [9.17, 15) is 0 Å². The highest BCUT2D eigenvalue weighted by molar-refractivity contribution is 6.60. The van der Waals surface area contributed by atoms with Gasteiger partial charge in [0.05, 0.1) is 26.7 Å². The minimum absolute atomic E-state index is 0.917. The molecule has 0 aromatic heterocycles. The lowest BCUT2D eigenvalue weighted by molar-refractivity contribution is -0.910. The lowest BCUT2D eigenvalue weighted by atomic mass is 10.1. The first kappa shape index (κ1) is 36.1. The van der Waals surface area contributed by atoms with E-state index >= 15 is 0 Å². The number of hydrogen-bond acceptors (Lipinski definition) is 3. The van der Waals surface area contributed by atoms with Crippen LogP contribution in [0.25, 0.3) is 0 Å². The van der Waals surface area contributed by atoms with Crippen molar-refractivity contribution in [3.63, 3.8) is 0 Å². The second kappa shape index (κ2) is 25.3. The highest BCUT2D eigenvalue weighted by Gasteiger charge is 2.38. The number of rotatable bonds is 29. The van der Waals surface area contributed by atoms with Gasteiger partial charge in [-0.05, 0) is 25.7 Å². The zero-order valence-corrected chi connectivity index (χ0v) is 26.8. The number of unbranched alkanes of at least 4 members (excludes halogenated alkanes) is 18. The van der Waals surface area contributed by atoms with Crippen molar-refractivity contribution in [1.29, 1.82) is 0 Å². The molecule has 0 spiro atoms. The number of quaternary nitrogens is 1. The predicted molar refractivity (Wildman–Crippen MR) is 161 cm³/mol. The van der Waals surface area contributed by atoms with Crippen LogP contribution in [-0.4, -0.2) is 61.3 Å². The van der Waals surface area contributed by atoms with Crippen molar-refractivity contribution in [3.05, 3.63) is 0 Å². The van der Waals surface area contributed by atoms with E-state index in [-0.39, 0.29) is 0 Å². The van der Waals surface area contributed by atoms with Crippen molar-refractivity contribution in [1.82, 2.24) is 0 Å². The Bertz CT molecular complexity index is 413. The Morgan fingerprint density at radius 3 is 1.00 bits per heavy atom. The quantitative estimate of drug-likeness (QED) is 0.0547. The second-order valence-electron chi connectivity index (χ2n) is 11.6. The maximum Gasteiger partial charge on any atom is 0.500 e. The van der Waals surface area contributed by atoms with Crippen molar-refractivity contribution in [2.45, 2.75) is 155 Å². The molecule has 0 atom stereocenters. The number of hydrogen-bond donors (Lipinski definition) is 0. The van der Waals surface area contributed by atoms with Crippen molar-refractivity contribution in [2.24, 2.45) is 0 Å². The average Bonchev–Trinajstić information content (AvgIpc) is 2.89. The van der Waals surface area contributed by atoms with Crippen LogP contribution in [0.4, 0.5) is 0 Å². The van der Waals surface area contributed by atoms with E-state index in [1.54, 1.807) is 21.3 Å². The Balaban J connectivity index is 4.30. The highest BCUT2D eigenvalue weighted by Crippen LogP contribution is 2.20. The molecule has 0 aromatic rings. The summed E-state index contributed by atoms with van der Waals surface area (Å²) in [6.45, 7) is 8.44. The molecular weight excluding hydrogens is 462 g/mol. The van der Waals surface area contributed by atoms with Gasteiger partial charge in [0, 0.05) is 33.8 Å². The summed E-state index contributed by atoms with van der Waals surface area (Å²) in [5.74, 6) is 0. The maximum atomic E-state index is 5.67. The Morgan fingerprint density at radius 1 is 0.417 bits per heavy atom. The van der Waals surface area contributed by atoms with E-state index in [1.165, 1.54) is 153 Å². The van der Waals surface area contributed by atoms with Gasteiger partial charge in [0.15, 0.2) is 0 Å². The van der Waals surface area contributed by atoms with Crippen LogP contribution in [0.15, 0.2) is 0 Å². The predicted octanol–water partition coefficient (Wildman–Crippen LogP) is 9.54. The summed E-state index contributed by atoms with van der Waals surface area (Å²) in [6, 6.07) is 0.917. The largest absolute Gasteiger partial charge is 0.500 e. The first-order valence-electron chi connectivity index (χ1n) is 16.0. The van der Waals surface area contributed by atoms with Gasteiger partial charge in [0.2, 0.25) is 0 Å². The van der Waals surface area contributed by atoms with E-state index in [2.05, 4.69) is 20.9 Å². The van der Waals surface area contributed by atoms with Gasteiger partial charge in [-0.3, -0.25) is 0 Å². The molecule has 0 fully saturated rings. The van der Waals surface area contributed by atoms with Gasteiger partial charge in [-0.15, -0.1) is 0 Å². The molecule has 0 heterocycles. The fraction of sp³-hybridized carbons (Fsp3) is 1.00. The zero-order chi connectivity index (χ0) is 26.8. The first-order valence-corrected chi connectivity index (χ1v) is 17.9. The van der Waals surface area contributed by atoms with E-state index in [0.29, 0.717) is 0 Å². The van der Waals surface area contributed by atoms with Gasteiger partial charge < -0.3 is 17.8 Å². The van der Waals surface area contributed by atoms with Crippen LogP contribution < -0.4 is 0 Å². The zero-order valence-electron chi connectivity index (χ0n) is 25.8. The molecular formula is C31H68NO3Si+. The molecule has 0 aromatic carbocycles. The van der Waals surface area contributed by atoms with Crippen molar-refractivity contribution < 1.29 is 17.8 Å². The third-order valence-corrected chi connectivity index (χ3v) is 11.0. The summed E-state index contributed by atoms with van der Waals surface area (Å²) in [5.41, 5.74) is 0. The highest BCUT2D eigenvalue weighted by atomic mass is 28.4. The molecule has 0 saturated carbocycles. The summed E-state index contributed by atoms with van der Waals surface area (Å²) in [7, 11) is 5.25. The fourth-order valence-electron chi connectivity index (χ4n) is 5.53. The van der Waals surface area contributed by atoms with E-state index in [4.69, 9.17) is 13.3 Å². The van der Waals surface area contributed by atoms with Gasteiger partial charge >= 0.3 is 8.80 Å². The van der Waals surface area contributed by atoms with Gasteiger partial charge in [-0.1, -0.05) is 117 Å². The topological polar surface area (TPSA) is 27.7 Å². The van der Waals surface area contributed by atoms with Crippen LogP contribution in [0.1, 0.15) is 149 Å². The van der Waals surface area contributed by atoms with Gasteiger partial charge in [-0.2, -0.15) is 0 Å². The molecule has 0 rings (SSSR count). The molecule has 36 heavy (non-hydrogen) atoms. The van der Waals surface area contributed by atoms with Gasteiger partial charge in [-0.25, -0.2) is 0 Å². The summed E-state index contributed by atoms with van der Waals surface area (Å²) in [4.78, 5) is 0. The smallest absolute Gasteiger partial charge is 0.377 e. The molecule has 0 aliphatic heterocycles. The molecule has 0 radical (unpaired) electrons. The second-order valence-corrected chi connectivity index (χ2v) is 14.6. The molecule has 0 N–H and O–H groups in total. The summed E-state index contributed by atoms with van der Waals surface area (Å²) in [6.07, 6.45) is 29.4. The molecule has 0 aliphatic carbocycles. The van der Waals surface area contributed by atoms with Crippen molar-refractivity contribution in [2.75, 3.05) is 48.0 Å². The van der Waals surface area contributed by atoms with Crippen LogP contribution in [0.5, 0.6) is 0 Å². The molecule has 5 heteroatoms. The molecule has 0 amide bonds. The fourth-order valence-corrected chi connectivity index (χ4v) is 7.23. The van der Waals surface area contributed by atoms with Crippen LogP contribution >= 0.6 is 0 Å². The minimum atomic E-state index is -2.46.